The molecule has 1 rings (SSSR count). The number of Topliss-reactive ketones (excluding diaryl/α,β-unsaturated/α-hetero) is 1. The maximum Gasteiger partial charge on any atom is 0.160 e. The van der Waals surface area contributed by atoms with Gasteiger partial charge in [0.25, 0.3) is 0 Å². The highest BCUT2D eigenvalue weighted by molar-refractivity contribution is 7.98. The zero-order valence-electron chi connectivity index (χ0n) is 7.23. The molecule has 0 bridgehead atoms. The smallest absolute Gasteiger partial charge is 0.160 e. The van der Waals surface area contributed by atoms with E-state index < -0.39 is 11.6 Å². The van der Waals surface area contributed by atoms with Crippen LogP contribution in [0, 0.1) is 11.6 Å². The van der Waals surface area contributed by atoms with E-state index in [9.17, 15) is 13.6 Å². The van der Waals surface area contributed by atoms with Gasteiger partial charge in [0.15, 0.2) is 5.78 Å². The third kappa shape index (κ3) is 2.06. The second kappa shape index (κ2) is 3.87. The van der Waals surface area contributed by atoms with Crippen molar-refractivity contribution in [3.05, 3.63) is 29.3 Å². The van der Waals surface area contributed by atoms with E-state index in [0.29, 0.717) is 0 Å². The third-order valence-electron chi connectivity index (χ3n) is 1.61. The number of hydrogen-bond acceptors (Lipinski definition) is 2. The predicted molar refractivity (Wildman–Crippen MR) is 48.1 cm³/mol. The minimum absolute atomic E-state index is 0.0509. The van der Waals surface area contributed by atoms with Gasteiger partial charge in [0.05, 0.1) is 4.90 Å². The molecule has 0 atom stereocenters. The molecule has 0 aliphatic heterocycles. The molecule has 0 aliphatic rings. The highest BCUT2D eigenvalue weighted by atomic mass is 32.2. The first-order chi connectivity index (χ1) is 6.06. The monoisotopic (exact) mass is 202 g/mol. The molecule has 0 fully saturated rings. The predicted octanol–water partition coefficient (Wildman–Crippen LogP) is 2.89. The number of carbonyl (C=O) groups is 1. The lowest BCUT2D eigenvalue weighted by molar-refractivity contribution is 0.101. The van der Waals surface area contributed by atoms with Crippen molar-refractivity contribution >= 4 is 17.5 Å². The summed E-state index contributed by atoms with van der Waals surface area (Å²) in [6, 6.07) is 2.11. The van der Waals surface area contributed by atoms with Crippen LogP contribution < -0.4 is 0 Å². The van der Waals surface area contributed by atoms with Crippen molar-refractivity contribution in [2.45, 2.75) is 11.8 Å². The Labute approximate surface area is 79.1 Å². The summed E-state index contributed by atoms with van der Waals surface area (Å²) in [7, 11) is 0. The van der Waals surface area contributed by atoms with E-state index in [4.69, 9.17) is 0 Å². The normalized spacial score (nSPS) is 10.2. The molecule has 0 saturated heterocycles. The number of rotatable bonds is 2. The summed E-state index contributed by atoms with van der Waals surface area (Å²) >= 11 is 0.981. The zero-order valence-corrected chi connectivity index (χ0v) is 8.04. The van der Waals surface area contributed by atoms with Gasteiger partial charge in [-0.15, -0.1) is 11.8 Å². The topological polar surface area (TPSA) is 17.1 Å². The molecule has 0 aromatic heterocycles. The van der Waals surface area contributed by atoms with E-state index in [0.717, 1.165) is 23.9 Å². The van der Waals surface area contributed by atoms with Crippen molar-refractivity contribution in [3.63, 3.8) is 0 Å². The Hall–Kier alpha value is -0.900. The van der Waals surface area contributed by atoms with Crippen LogP contribution in [-0.4, -0.2) is 12.0 Å². The van der Waals surface area contributed by atoms with Crippen LogP contribution in [0.5, 0.6) is 0 Å². The standard InChI is InChI=1S/C9H8F2OS/c1-5(12)6-3-7(10)9(13-2)8(11)4-6/h3-4H,1-2H3. The Morgan fingerprint density at radius 3 is 2.08 bits per heavy atom. The summed E-state index contributed by atoms with van der Waals surface area (Å²) in [5.74, 6) is -1.71. The lowest BCUT2D eigenvalue weighted by Gasteiger charge is -2.02. The van der Waals surface area contributed by atoms with Gasteiger partial charge in [0.2, 0.25) is 0 Å². The first-order valence-corrected chi connectivity index (χ1v) is 4.82. The molecule has 0 radical (unpaired) electrons. The second-order valence-corrected chi connectivity index (χ2v) is 3.35. The average Bonchev–Trinajstić information content (AvgIpc) is 2.03. The van der Waals surface area contributed by atoms with Crippen molar-refractivity contribution in [3.8, 4) is 0 Å². The Morgan fingerprint density at radius 1 is 1.31 bits per heavy atom. The molecule has 4 heteroatoms. The van der Waals surface area contributed by atoms with Crippen molar-refractivity contribution in [1.82, 2.24) is 0 Å². The minimum Gasteiger partial charge on any atom is -0.295 e. The third-order valence-corrected chi connectivity index (χ3v) is 2.41. The summed E-state index contributed by atoms with van der Waals surface area (Å²) in [6.07, 6.45) is 1.58. The fraction of sp³-hybridized carbons (Fsp3) is 0.222. The van der Waals surface area contributed by atoms with Crippen molar-refractivity contribution in [2.75, 3.05) is 6.26 Å². The van der Waals surface area contributed by atoms with E-state index in [1.54, 1.807) is 6.26 Å². The van der Waals surface area contributed by atoms with E-state index in [1.807, 2.05) is 0 Å². The molecule has 0 unspecified atom stereocenters. The van der Waals surface area contributed by atoms with Crippen LogP contribution >= 0.6 is 11.8 Å². The molecule has 0 spiro atoms. The van der Waals surface area contributed by atoms with Gasteiger partial charge in [-0.25, -0.2) is 8.78 Å². The average molecular weight is 202 g/mol. The van der Waals surface area contributed by atoms with Crippen molar-refractivity contribution in [2.24, 2.45) is 0 Å². The number of thioether (sulfide) groups is 1. The van der Waals surface area contributed by atoms with E-state index in [1.165, 1.54) is 6.92 Å². The number of benzene rings is 1. The number of ketones is 1. The summed E-state index contributed by atoms with van der Waals surface area (Å²) in [4.78, 5) is 10.8. The molecule has 0 saturated carbocycles. The van der Waals surface area contributed by atoms with Gasteiger partial charge in [-0.05, 0) is 25.3 Å². The molecular weight excluding hydrogens is 194 g/mol. The lowest BCUT2D eigenvalue weighted by atomic mass is 10.1. The van der Waals surface area contributed by atoms with E-state index >= 15 is 0 Å². The summed E-state index contributed by atoms with van der Waals surface area (Å²) in [5.41, 5.74) is 0.0628. The van der Waals surface area contributed by atoms with Crippen LogP contribution in [0.1, 0.15) is 17.3 Å². The number of halogens is 2. The van der Waals surface area contributed by atoms with Gasteiger partial charge in [-0.1, -0.05) is 0 Å². The summed E-state index contributed by atoms with van der Waals surface area (Å²) in [5, 5.41) is 0. The Balaban J connectivity index is 3.28. The van der Waals surface area contributed by atoms with Crippen LogP contribution in [0.25, 0.3) is 0 Å². The summed E-state index contributed by atoms with van der Waals surface area (Å²) in [6.45, 7) is 1.27. The Morgan fingerprint density at radius 2 is 1.77 bits per heavy atom. The second-order valence-electron chi connectivity index (χ2n) is 2.53. The lowest BCUT2D eigenvalue weighted by Crippen LogP contribution is -1.97. The van der Waals surface area contributed by atoms with Gasteiger partial charge in [0.1, 0.15) is 11.6 Å². The van der Waals surface area contributed by atoms with Gasteiger partial charge < -0.3 is 0 Å². The molecule has 13 heavy (non-hydrogen) atoms. The van der Waals surface area contributed by atoms with Gasteiger partial charge in [-0.3, -0.25) is 4.79 Å². The quantitative estimate of drug-likeness (QED) is 0.541. The number of hydrogen-bond donors (Lipinski definition) is 0. The molecule has 1 nitrogen and oxygen atoms in total. The van der Waals surface area contributed by atoms with Gasteiger partial charge in [0, 0.05) is 5.56 Å². The van der Waals surface area contributed by atoms with Crippen LogP contribution in [0.15, 0.2) is 17.0 Å². The largest absolute Gasteiger partial charge is 0.295 e. The molecular formula is C9H8F2OS. The molecule has 70 valence electrons. The van der Waals surface area contributed by atoms with Crippen LogP contribution in [0.2, 0.25) is 0 Å². The van der Waals surface area contributed by atoms with Crippen molar-refractivity contribution < 1.29 is 13.6 Å². The van der Waals surface area contributed by atoms with Gasteiger partial charge >= 0.3 is 0 Å². The fourth-order valence-corrected chi connectivity index (χ4v) is 1.47. The molecule has 1 aromatic carbocycles. The van der Waals surface area contributed by atoms with E-state index in [-0.39, 0.29) is 16.2 Å². The molecule has 0 heterocycles. The Bertz CT molecular complexity index is 326. The number of carbonyl (C=O) groups excluding carboxylic acids is 1. The summed E-state index contributed by atoms with van der Waals surface area (Å²) < 4.78 is 26.1. The SMILES string of the molecule is CSc1c(F)cc(C(C)=O)cc1F. The Kier molecular flexibility index (Phi) is 3.03. The zero-order chi connectivity index (χ0) is 10.0. The van der Waals surface area contributed by atoms with E-state index in [2.05, 4.69) is 0 Å². The highest BCUT2D eigenvalue weighted by Gasteiger charge is 2.11. The maximum atomic E-state index is 13.1. The first kappa shape index (κ1) is 10.2. The van der Waals surface area contributed by atoms with Crippen molar-refractivity contribution in [1.29, 1.82) is 0 Å². The highest BCUT2D eigenvalue weighted by Crippen LogP contribution is 2.24. The van der Waals surface area contributed by atoms with Gasteiger partial charge in [-0.2, -0.15) is 0 Å². The van der Waals surface area contributed by atoms with Crippen LogP contribution in [0.3, 0.4) is 0 Å². The maximum absolute atomic E-state index is 13.1. The van der Waals surface area contributed by atoms with Crippen LogP contribution in [0.4, 0.5) is 8.78 Å². The van der Waals surface area contributed by atoms with Crippen LogP contribution in [-0.2, 0) is 0 Å². The molecule has 1 aromatic rings. The fourth-order valence-electron chi connectivity index (χ4n) is 0.958. The minimum atomic E-state index is -0.683. The molecule has 0 amide bonds. The first-order valence-electron chi connectivity index (χ1n) is 3.60. The molecule has 0 N–H and O–H groups in total. The molecule has 0 aliphatic carbocycles.